The molecule has 0 saturated carbocycles. The summed E-state index contributed by atoms with van der Waals surface area (Å²) in [6, 6.07) is 9.14. The molecule has 0 spiro atoms. The summed E-state index contributed by atoms with van der Waals surface area (Å²) in [5.41, 5.74) is 0.632. The van der Waals surface area contributed by atoms with Crippen molar-refractivity contribution in [2.24, 2.45) is 0 Å². The standard InChI is InChI=1S/C15H15BrClNO2S/c1-3-18(9-11-5-7-14(17)21-11)15(19)10-4-6-13(20-2)12(16)8-10/h4-8H,3,9H2,1-2H3. The van der Waals surface area contributed by atoms with Crippen molar-refractivity contribution >= 4 is 44.8 Å². The molecule has 1 amide bonds. The Balaban J connectivity index is 2.17. The average molecular weight is 389 g/mol. The molecule has 1 aromatic carbocycles. The SMILES string of the molecule is CCN(Cc1ccc(Cl)s1)C(=O)c1ccc(OC)c(Br)c1. The van der Waals surface area contributed by atoms with Gasteiger partial charge in [0, 0.05) is 17.0 Å². The van der Waals surface area contributed by atoms with Gasteiger partial charge in [-0.2, -0.15) is 0 Å². The first kappa shape index (κ1) is 16.3. The van der Waals surface area contributed by atoms with E-state index in [4.69, 9.17) is 16.3 Å². The van der Waals surface area contributed by atoms with Crippen molar-refractivity contribution in [1.29, 1.82) is 0 Å². The molecule has 1 heterocycles. The minimum Gasteiger partial charge on any atom is -0.496 e. The van der Waals surface area contributed by atoms with Gasteiger partial charge in [-0.15, -0.1) is 11.3 Å². The molecule has 3 nitrogen and oxygen atoms in total. The van der Waals surface area contributed by atoms with Crippen LogP contribution in [0, 0.1) is 0 Å². The topological polar surface area (TPSA) is 29.5 Å². The molecule has 0 bridgehead atoms. The summed E-state index contributed by atoms with van der Waals surface area (Å²) >= 11 is 10.8. The van der Waals surface area contributed by atoms with Crippen molar-refractivity contribution in [1.82, 2.24) is 4.90 Å². The van der Waals surface area contributed by atoms with Crippen molar-refractivity contribution in [3.8, 4) is 5.75 Å². The third-order valence-corrected chi connectivity index (χ3v) is 4.88. The Hall–Kier alpha value is -1.04. The monoisotopic (exact) mass is 387 g/mol. The number of amides is 1. The first-order chi connectivity index (χ1) is 10.0. The van der Waals surface area contributed by atoms with Crippen molar-refractivity contribution in [3.63, 3.8) is 0 Å². The third kappa shape index (κ3) is 3.99. The predicted octanol–water partition coefficient (Wildman–Crippen LogP) is 4.83. The summed E-state index contributed by atoms with van der Waals surface area (Å²) in [5.74, 6) is 0.699. The zero-order valence-corrected chi connectivity index (χ0v) is 14.9. The van der Waals surface area contributed by atoms with Gasteiger partial charge in [0.05, 0.1) is 22.5 Å². The van der Waals surface area contributed by atoms with E-state index in [1.54, 1.807) is 30.2 Å². The highest BCUT2D eigenvalue weighted by Crippen LogP contribution is 2.27. The predicted molar refractivity (Wildman–Crippen MR) is 90.4 cm³/mol. The molecule has 21 heavy (non-hydrogen) atoms. The van der Waals surface area contributed by atoms with Crippen molar-refractivity contribution in [2.45, 2.75) is 13.5 Å². The summed E-state index contributed by atoms with van der Waals surface area (Å²) in [7, 11) is 1.60. The van der Waals surface area contributed by atoms with Crippen molar-refractivity contribution < 1.29 is 9.53 Å². The Morgan fingerprint density at radius 2 is 2.14 bits per heavy atom. The number of thiophene rings is 1. The highest BCUT2D eigenvalue weighted by molar-refractivity contribution is 9.10. The fourth-order valence-electron chi connectivity index (χ4n) is 1.93. The zero-order chi connectivity index (χ0) is 15.4. The molecule has 2 aromatic rings. The van der Waals surface area contributed by atoms with Crippen LogP contribution in [0.25, 0.3) is 0 Å². The van der Waals surface area contributed by atoms with Gasteiger partial charge in [0.1, 0.15) is 5.75 Å². The summed E-state index contributed by atoms with van der Waals surface area (Å²) < 4.78 is 6.69. The number of carbonyl (C=O) groups is 1. The molecule has 0 aliphatic rings. The molecule has 0 aliphatic carbocycles. The van der Waals surface area contributed by atoms with Crippen LogP contribution in [0.4, 0.5) is 0 Å². The lowest BCUT2D eigenvalue weighted by atomic mass is 10.2. The molecular formula is C15H15BrClNO2S. The number of methoxy groups -OCH3 is 1. The van der Waals surface area contributed by atoms with E-state index in [1.165, 1.54) is 11.3 Å². The van der Waals surface area contributed by atoms with E-state index in [0.29, 0.717) is 24.4 Å². The highest BCUT2D eigenvalue weighted by Gasteiger charge is 2.16. The summed E-state index contributed by atoms with van der Waals surface area (Å²) in [4.78, 5) is 15.4. The van der Waals surface area contributed by atoms with Crippen LogP contribution in [0.5, 0.6) is 5.75 Å². The van der Waals surface area contributed by atoms with Gasteiger partial charge in [0.2, 0.25) is 0 Å². The van der Waals surface area contributed by atoms with E-state index in [2.05, 4.69) is 15.9 Å². The lowest BCUT2D eigenvalue weighted by Gasteiger charge is -2.20. The molecule has 2 rings (SSSR count). The van der Waals surface area contributed by atoms with Gasteiger partial charge in [-0.1, -0.05) is 11.6 Å². The fourth-order valence-corrected chi connectivity index (χ4v) is 3.58. The smallest absolute Gasteiger partial charge is 0.254 e. The van der Waals surface area contributed by atoms with Crippen LogP contribution in [0.3, 0.4) is 0 Å². The van der Waals surface area contributed by atoms with Crippen LogP contribution < -0.4 is 4.74 Å². The minimum atomic E-state index is -0.00891. The molecule has 0 unspecified atom stereocenters. The second kappa shape index (κ2) is 7.29. The van der Waals surface area contributed by atoms with E-state index in [9.17, 15) is 4.79 Å². The average Bonchev–Trinajstić information content (AvgIpc) is 2.89. The van der Waals surface area contributed by atoms with E-state index in [-0.39, 0.29) is 5.91 Å². The van der Waals surface area contributed by atoms with Crippen molar-refractivity contribution in [2.75, 3.05) is 13.7 Å². The Morgan fingerprint density at radius 1 is 1.38 bits per heavy atom. The first-order valence-electron chi connectivity index (χ1n) is 6.42. The van der Waals surface area contributed by atoms with Crippen LogP contribution in [0.15, 0.2) is 34.8 Å². The molecule has 6 heteroatoms. The molecule has 1 aromatic heterocycles. The van der Waals surface area contributed by atoms with E-state index < -0.39 is 0 Å². The quantitative estimate of drug-likeness (QED) is 0.734. The van der Waals surface area contributed by atoms with Crippen LogP contribution >= 0.6 is 38.9 Å². The Labute approximate surface area is 141 Å². The van der Waals surface area contributed by atoms with E-state index in [1.807, 2.05) is 19.1 Å². The number of nitrogens with zero attached hydrogens (tertiary/aromatic N) is 1. The van der Waals surface area contributed by atoms with Gasteiger partial charge < -0.3 is 9.64 Å². The summed E-state index contributed by atoms with van der Waals surface area (Å²) in [5, 5.41) is 0. The maximum absolute atomic E-state index is 12.6. The molecule has 0 N–H and O–H groups in total. The Kier molecular flexibility index (Phi) is 5.67. The number of benzene rings is 1. The van der Waals surface area contributed by atoms with Gasteiger partial charge in [-0.05, 0) is 53.2 Å². The van der Waals surface area contributed by atoms with Crippen molar-refractivity contribution in [3.05, 3.63) is 49.6 Å². The number of rotatable bonds is 5. The van der Waals surface area contributed by atoms with Gasteiger partial charge in [0.25, 0.3) is 5.91 Å². The molecule has 0 saturated heterocycles. The summed E-state index contributed by atoms with van der Waals surface area (Å²) in [6.45, 7) is 3.17. The van der Waals surface area contributed by atoms with E-state index >= 15 is 0 Å². The maximum Gasteiger partial charge on any atom is 0.254 e. The molecule has 0 fully saturated rings. The third-order valence-electron chi connectivity index (χ3n) is 3.04. The fraction of sp³-hybridized carbons (Fsp3) is 0.267. The van der Waals surface area contributed by atoms with Gasteiger partial charge in [0.15, 0.2) is 0 Å². The lowest BCUT2D eigenvalue weighted by molar-refractivity contribution is 0.0754. The maximum atomic E-state index is 12.6. The van der Waals surface area contributed by atoms with Gasteiger partial charge in [-0.3, -0.25) is 4.79 Å². The second-order valence-electron chi connectivity index (χ2n) is 4.37. The largest absolute Gasteiger partial charge is 0.496 e. The second-order valence-corrected chi connectivity index (χ2v) is 7.03. The lowest BCUT2D eigenvalue weighted by Crippen LogP contribution is -2.29. The number of hydrogen-bond donors (Lipinski definition) is 0. The van der Waals surface area contributed by atoms with Gasteiger partial charge in [-0.25, -0.2) is 0 Å². The van der Waals surface area contributed by atoms with Crippen LogP contribution in [0.2, 0.25) is 4.34 Å². The molecule has 0 radical (unpaired) electrons. The Bertz CT molecular complexity index is 644. The van der Waals surface area contributed by atoms with E-state index in [0.717, 1.165) is 13.7 Å². The molecule has 0 atom stereocenters. The zero-order valence-electron chi connectivity index (χ0n) is 11.7. The summed E-state index contributed by atoms with van der Waals surface area (Å²) in [6.07, 6.45) is 0. The number of hydrogen-bond acceptors (Lipinski definition) is 3. The minimum absolute atomic E-state index is 0.00891. The molecular weight excluding hydrogens is 374 g/mol. The number of ether oxygens (including phenoxy) is 1. The molecule has 0 aliphatic heterocycles. The highest BCUT2D eigenvalue weighted by atomic mass is 79.9. The number of halogens is 2. The first-order valence-corrected chi connectivity index (χ1v) is 8.41. The number of carbonyl (C=O) groups excluding carboxylic acids is 1. The van der Waals surface area contributed by atoms with Crippen LogP contribution in [0.1, 0.15) is 22.2 Å². The Morgan fingerprint density at radius 3 is 2.67 bits per heavy atom. The van der Waals surface area contributed by atoms with Crippen LogP contribution in [-0.2, 0) is 6.54 Å². The molecule has 112 valence electrons. The normalized spacial score (nSPS) is 10.5. The van der Waals surface area contributed by atoms with Gasteiger partial charge >= 0.3 is 0 Å². The van der Waals surface area contributed by atoms with Crippen LogP contribution in [-0.4, -0.2) is 24.5 Å².